The van der Waals surface area contributed by atoms with Crippen molar-refractivity contribution in [3.63, 3.8) is 0 Å². The monoisotopic (exact) mass is 722 g/mol. The van der Waals surface area contributed by atoms with Crippen molar-refractivity contribution in [3.05, 3.63) is 35.0 Å². The third-order valence-electron chi connectivity index (χ3n) is 12.5. The van der Waals surface area contributed by atoms with Gasteiger partial charge in [0.2, 0.25) is 5.91 Å². The molecule has 3 aliphatic carbocycles. The van der Waals surface area contributed by atoms with Gasteiger partial charge in [-0.2, -0.15) is 0 Å². The normalized spacial score (nSPS) is 25.8. The molecule has 1 atom stereocenters. The number of hydrogen-bond donors (Lipinski definition) is 2. The van der Waals surface area contributed by atoms with Crippen molar-refractivity contribution in [1.82, 2.24) is 30.2 Å². The summed E-state index contributed by atoms with van der Waals surface area (Å²) in [5.74, 6) is 5.16. The molecule has 2 aliphatic heterocycles. The van der Waals surface area contributed by atoms with Crippen LogP contribution >= 0.6 is 11.9 Å². The van der Waals surface area contributed by atoms with Gasteiger partial charge in [0.25, 0.3) is 11.8 Å². The van der Waals surface area contributed by atoms with Crippen molar-refractivity contribution in [2.24, 2.45) is 23.2 Å². The van der Waals surface area contributed by atoms with Crippen LogP contribution in [0.15, 0.2) is 21.2 Å². The predicted octanol–water partition coefficient (Wildman–Crippen LogP) is 6.93. The average Bonchev–Trinajstić information content (AvgIpc) is 4.08. The van der Waals surface area contributed by atoms with Gasteiger partial charge in [0, 0.05) is 74.9 Å². The fourth-order valence-electron chi connectivity index (χ4n) is 8.43. The van der Waals surface area contributed by atoms with Gasteiger partial charge in [0.15, 0.2) is 11.4 Å². The highest BCUT2D eigenvalue weighted by atomic mass is 32.2. The molecule has 0 spiro atoms. The lowest BCUT2D eigenvalue weighted by Crippen LogP contribution is -2.42. The van der Waals surface area contributed by atoms with E-state index >= 15 is 0 Å². The Balaban J connectivity index is 0.719. The Hall–Kier alpha value is -2.86. The summed E-state index contributed by atoms with van der Waals surface area (Å²) in [6.45, 7) is 8.91. The van der Waals surface area contributed by atoms with Crippen LogP contribution in [0, 0.1) is 23.2 Å². The summed E-state index contributed by atoms with van der Waals surface area (Å²) in [5, 5.41) is 14.1. The van der Waals surface area contributed by atoms with Gasteiger partial charge < -0.3 is 24.6 Å². The van der Waals surface area contributed by atoms with Crippen molar-refractivity contribution < 1.29 is 23.4 Å². The molecule has 2 aromatic heterocycles. The number of aromatic nitrogens is 2. The van der Waals surface area contributed by atoms with Gasteiger partial charge in [0.1, 0.15) is 11.5 Å². The smallest absolute Gasteiger partial charge is 0.273 e. The van der Waals surface area contributed by atoms with E-state index in [0.717, 1.165) is 108 Å². The highest BCUT2D eigenvalue weighted by molar-refractivity contribution is 7.97. The van der Waals surface area contributed by atoms with Gasteiger partial charge in [-0.25, -0.2) is 0 Å². The van der Waals surface area contributed by atoms with Gasteiger partial charge in [-0.3, -0.25) is 18.7 Å². The molecule has 0 aromatic carbocycles. The predicted molar refractivity (Wildman–Crippen MR) is 196 cm³/mol. The van der Waals surface area contributed by atoms with Crippen LogP contribution in [0.1, 0.15) is 154 Å². The molecule has 5 fully saturated rings. The molecule has 0 radical (unpaired) electrons. The largest absolute Gasteiger partial charge is 0.360 e. The summed E-state index contributed by atoms with van der Waals surface area (Å²) in [4.78, 5) is 40.5. The van der Waals surface area contributed by atoms with Gasteiger partial charge in [0.05, 0.1) is 0 Å². The van der Waals surface area contributed by atoms with Crippen molar-refractivity contribution >= 4 is 29.7 Å². The lowest BCUT2D eigenvalue weighted by atomic mass is 9.69. The molecule has 280 valence electrons. The van der Waals surface area contributed by atoms with E-state index in [1.807, 2.05) is 18.0 Å². The maximum atomic E-state index is 13.2. The maximum Gasteiger partial charge on any atom is 0.273 e. The zero-order chi connectivity index (χ0) is 35.4. The third kappa shape index (κ3) is 9.97. The van der Waals surface area contributed by atoms with Gasteiger partial charge >= 0.3 is 0 Å². The summed E-state index contributed by atoms with van der Waals surface area (Å²) < 4.78 is 13.2. The van der Waals surface area contributed by atoms with Crippen LogP contribution in [-0.2, 0) is 4.79 Å². The standard InChI is InChI=1S/C39H58N6O5S/c1-26(41-38(48)33-24-35(50-43-33)31-6-7-31)29-12-19-45(20-13-29)51-21-3-14-39(2)15-8-27(9-16-39)22-36(46)44-17-10-28(11-18-44)25-40-37(47)32-23-34(49-42-32)30-4-5-30/h23-24,26-31H,3-22,25H2,1-2H3,(H,40,47)(H,41,48). The number of hydrogen-bond acceptors (Lipinski definition) is 9. The molecule has 7 rings (SSSR count). The minimum Gasteiger partial charge on any atom is -0.360 e. The summed E-state index contributed by atoms with van der Waals surface area (Å²) in [6.07, 6.45) is 16.5. The van der Waals surface area contributed by atoms with Crippen LogP contribution in [0.4, 0.5) is 0 Å². The molecule has 4 heterocycles. The second-order valence-electron chi connectivity index (χ2n) is 16.7. The first-order chi connectivity index (χ1) is 24.7. The molecule has 3 amide bonds. The Bertz CT molecular complexity index is 1480. The molecule has 1 unspecified atom stereocenters. The summed E-state index contributed by atoms with van der Waals surface area (Å²) in [5.41, 5.74) is 1.17. The second kappa shape index (κ2) is 16.4. The second-order valence-corrected chi connectivity index (χ2v) is 17.9. The number of nitrogens with zero attached hydrogens (tertiary/aromatic N) is 4. The molecule has 51 heavy (non-hydrogen) atoms. The summed E-state index contributed by atoms with van der Waals surface area (Å²) >= 11 is 2.00. The van der Waals surface area contributed by atoms with Gasteiger partial charge in [-0.1, -0.05) is 29.2 Å². The minimum atomic E-state index is -0.163. The van der Waals surface area contributed by atoms with Crippen LogP contribution in [0.2, 0.25) is 0 Å². The van der Waals surface area contributed by atoms with E-state index in [4.69, 9.17) is 9.05 Å². The Labute approximate surface area is 307 Å². The summed E-state index contributed by atoms with van der Waals surface area (Å²) in [6, 6.07) is 3.72. The van der Waals surface area contributed by atoms with Crippen molar-refractivity contribution in [3.8, 4) is 0 Å². The first-order valence-electron chi connectivity index (χ1n) is 19.9. The van der Waals surface area contributed by atoms with Crippen LogP contribution in [0.25, 0.3) is 0 Å². The fourth-order valence-corrected chi connectivity index (χ4v) is 9.43. The quantitative estimate of drug-likeness (QED) is 0.148. The van der Waals surface area contributed by atoms with Crippen molar-refractivity contribution in [1.29, 1.82) is 0 Å². The molecule has 0 bridgehead atoms. The minimum absolute atomic E-state index is 0.119. The van der Waals surface area contributed by atoms with Crippen molar-refractivity contribution in [2.45, 2.75) is 128 Å². The number of carbonyl (C=O) groups is 3. The van der Waals surface area contributed by atoms with E-state index in [9.17, 15) is 14.4 Å². The van der Waals surface area contributed by atoms with Crippen LogP contribution in [0.3, 0.4) is 0 Å². The molecular weight excluding hydrogens is 665 g/mol. The highest BCUT2D eigenvalue weighted by Gasteiger charge is 2.34. The Morgan fingerprint density at radius 2 is 1.45 bits per heavy atom. The van der Waals surface area contributed by atoms with Crippen molar-refractivity contribution in [2.75, 3.05) is 38.5 Å². The number of likely N-dealkylation sites (tertiary alicyclic amines) is 1. The molecular formula is C39H58N6O5S. The average molecular weight is 723 g/mol. The lowest BCUT2D eigenvalue weighted by Gasteiger charge is -2.39. The van der Waals surface area contributed by atoms with E-state index in [1.165, 1.54) is 25.7 Å². The first-order valence-corrected chi connectivity index (χ1v) is 20.8. The lowest BCUT2D eigenvalue weighted by molar-refractivity contribution is -0.134. The topological polar surface area (TPSA) is 134 Å². The fraction of sp³-hybridized carbons (Fsp3) is 0.769. The molecule has 3 saturated carbocycles. The SMILES string of the molecule is CC(NC(=O)c1cc(C2CC2)on1)C1CCN(SCCCC2(C)CCC(CC(=O)N3CCC(CNC(=O)c4cc(C5CC5)on4)CC3)CC2)CC1. The van der Waals surface area contributed by atoms with Gasteiger partial charge in [-0.15, -0.1) is 0 Å². The maximum absolute atomic E-state index is 13.2. The van der Waals surface area contributed by atoms with E-state index in [2.05, 4.69) is 44.0 Å². The van der Waals surface area contributed by atoms with E-state index in [0.29, 0.717) is 65.3 Å². The number of amides is 3. The number of nitrogens with one attached hydrogen (secondary N) is 2. The Morgan fingerprint density at radius 3 is 2.06 bits per heavy atom. The van der Waals surface area contributed by atoms with Crippen LogP contribution in [0.5, 0.6) is 0 Å². The van der Waals surface area contributed by atoms with E-state index in [-0.39, 0.29) is 17.9 Å². The number of piperidine rings is 2. The molecule has 11 nitrogen and oxygen atoms in total. The molecule has 2 aromatic rings. The number of rotatable bonds is 15. The van der Waals surface area contributed by atoms with Crippen LogP contribution in [-0.4, -0.2) is 81.8 Å². The van der Waals surface area contributed by atoms with E-state index in [1.54, 1.807) is 6.07 Å². The highest BCUT2D eigenvalue weighted by Crippen LogP contribution is 2.44. The van der Waals surface area contributed by atoms with Gasteiger partial charge in [-0.05, 0) is 120 Å². The Kier molecular flexibility index (Phi) is 11.8. The third-order valence-corrected chi connectivity index (χ3v) is 13.7. The molecule has 12 heteroatoms. The molecule has 2 N–H and O–H groups in total. The number of carbonyl (C=O) groups excluding carboxylic acids is 3. The summed E-state index contributed by atoms with van der Waals surface area (Å²) in [7, 11) is 0. The first kappa shape index (κ1) is 36.5. The van der Waals surface area contributed by atoms with E-state index < -0.39 is 0 Å². The Morgan fingerprint density at radius 1 is 0.843 bits per heavy atom. The van der Waals surface area contributed by atoms with Crippen LogP contribution < -0.4 is 10.6 Å². The zero-order valence-corrected chi connectivity index (χ0v) is 31.5. The molecule has 5 aliphatic rings. The molecule has 2 saturated heterocycles. The zero-order valence-electron chi connectivity index (χ0n) is 30.7.